The van der Waals surface area contributed by atoms with Gasteiger partial charge in [-0.05, 0) is 37.5 Å². The lowest BCUT2D eigenvalue weighted by Crippen LogP contribution is -2.52. The number of aryl methyl sites for hydroxylation is 1. The fourth-order valence-corrected chi connectivity index (χ4v) is 3.50. The van der Waals surface area contributed by atoms with Crippen molar-refractivity contribution in [3.8, 4) is 0 Å². The predicted octanol–water partition coefficient (Wildman–Crippen LogP) is 2.35. The topological polar surface area (TPSA) is 72.2 Å². The molecule has 0 spiro atoms. The first kappa shape index (κ1) is 19.3. The van der Waals surface area contributed by atoms with Crippen LogP contribution in [0.3, 0.4) is 0 Å². The van der Waals surface area contributed by atoms with Crippen LogP contribution in [0.25, 0.3) is 0 Å². The Hall–Kier alpha value is -0.690. The van der Waals surface area contributed by atoms with Crippen molar-refractivity contribution in [2.45, 2.75) is 44.0 Å². The third-order valence-electron chi connectivity index (χ3n) is 3.47. The number of nitrogens with one attached hydrogen (secondary N) is 1. The number of halogens is 2. The number of hydrogen-bond acceptors (Lipinski definition) is 3. The lowest BCUT2D eigenvalue weighted by molar-refractivity contribution is 0.362. The van der Waals surface area contributed by atoms with Gasteiger partial charge in [0.05, 0.1) is 0 Å². The smallest absolute Gasteiger partial charge is 0.244 e. The van der Waals surface area contributed by atoms with E-state index in [-0.39, 0.29) is 23.8 Å². The highest BCUT2D eigenvalue weighted by Gasteiger charge is 2.32. The fraction of sp³-hybridized carbons (Fsp3) is 0.538. The first-order valence-electron chi connectivity index (χ1n) is 6.30. The Morgan fingerprint density at radius 1 is 1.30 bits per heavy atom. The Bertz CT molecular complexity index is 537. The van der Waals surface area contributed by atoms with Crippen LogP contribution in [-0.4, -0.2) is 20.5 Å². The summed E-state index contributed by atoms with van der Waals surface area (Å²) in [5.74, 6) is -0.745. The van der Waals surface area contributed by atoms with Gasteiger partial charge in [-0.1, -0.05) is 19.9 Å². The number of sulfonamides is 1. The maximum absolute atomic E-state index is 13.8. The van der Waals surface area contributed by atoms with E-state index in [0.29, 0.717) is 18.4 Å². The van der Waals surface area contributed by atoms with Gasteiger partial charge in [-0.2, -0.15) is 0 Å². The summed E-state index contributed by atoms with van der Waals surface area (Å²) in [5.41, 5.74) is 5.60. The largest absolute Gasteiger partial charge is 0.329 e. The van der Waals surface area contributed by atoms with Crippen LogP contribution >= 0.6 is 12.4 Å². The van der Waals surface area contributed by atoms with E-state index in [4.69, 9.17) is 5.73 Å². The monoisotopic (exact) mass is 324 g/mol. The normalized spacial score (nSPS) is 12.1. The summed E-state index contributed by atoms with van der Waals surface area (Å²) in [7, 11) is -3.91. The molecular weight excluding hydrogens is 303 g/mol. The summed E-state index contributed by atoms with van der Waals surface area (Å²) in [5, 5.41) is 0. The SMILES string of the molecule is CCC(CC)(CN)NS(=O)(=O)c1ccc(C)cc1F.Cl. The summed E-state index contributed by atoms with van der Waals surface area (Å²) >= 11 is 0. The summed E-state index contributed by atoms with van der Waals surface area (Å²) in [4.78, 5) is -0.335. The zero-order chi connectivity index (χ0) is 14.7. The van der Waals surface area contributed by atoms with Crippen molar-refractivity contribution in [2.75, 3.05) is 6.54 Å². The second kappa shape index (κ2) is 7.36. The van der Waals surface area contributed by atoms with Crippen LogP contribution in [-0.2, 0) is 10.0 Å². The second-order valence-corrected chi connectivity index (χ2v) is 6.38. The molecule has 1 rings (SSSR count). The highest BCUT2D eigenvalue weighted by Crippen LogP contribution is 2.21. The van der Waals surface area contributed by atoms with Crippen LogP contribution in [0.15, 0.2) is 23.1 Å². The molecule has 1 aromatic carbocycles. The molecule has 0 aliphatic carbocycles. The van der Waals surface area contributed by atoms with Gasteiger partial charge >= 0.3 is 0 Å². The minimum absolute atomic E-state index is 0. The van der Waals surface area contributed by atoms with Gasteiger partial charge in [0.15, 0.2) is 0 Å². The second-order valence-electron chi connectivity index (χ2n) is 4.73. The van der Waals surface area contributed by atoms with E-state index in [1.165, 1.54) is 12.1 Å². The maximum Gasteiger partial charge on any atom is 0.244 e. The molecule has 0 bridgehead atoms. The summed E-state index contributed by atoms with van der Waals surface area (Å²) in [6.45, 7) is 5.58. The van der Waals surface area contributed by atoms with Gasteiger partial charge in [0.2, 0.25) is 10.0 Å². The Morgan fingerprint density at radius 3 is 2.25 bits per heavy atom. The van der Waals surface area contributed by atoms with Gasteiger partial charge in [-0.3, -0.25) is 0 Å². The van der Waals surface area contributed by atoms with Crippen LogP contribution in [0.5, 0.6) is 0 Å². The molecule has 0 aliphatic heterocycles. The fourth-order valence-electron chi connectivity index (χ4n) is 1.89. The van der Waals surface area contributed by atoms with Crippen LogP contribution in [0.4, 0.5) is 4.39 Å². The van der Waals surface area contributed by atoms with E-state index in [1.54, 1.807) is 13.0 Å². The van der Waals surface area contributed by atoms with Gasteiger partial charge in [0.1, 0.15) is 10.7 Å². The molecule has 3 N–H and O–H groups in total. The Balaban J connectivity index is 0.00000361. The molecule has 0 radical (unpaired) electrons. The van der Waals surface area contributed by atoms with Gasteiger partial charge in [0.25, 0.3) is 0 Å². The third-order valence-corrected chi connectivity index (χ3v) is 5.08. The van der Waals surface area contributed by atoms with Crippen molar-refractivity contribution in [3.05, 3.63) is 29.6 Å². The molecule has 0 heterocycles. The Labute approximate surface area is 126 Å². The molecular formula is C13H22ClFN2O2S. The maximum atomic E-state index is 13.8. The standard InChI is InChI=1S/C13H21FN2O2S.ClH/c1-4-13(5-2,9-15)16-19(17,18)12-7-6-10(3)8-11(12)14;/h6-8,16H,4-5,9,15H2,1-3H3;1H. The molecule has 116 valence electrons. The van der Waals surface area contributed by atoms with Crippen molar-refractivity contribution in [1.29, 1.82) is 0 Å². The van der Waals surface area contributed by atoms with Crippen LogP contribution in [0.1, 0.15) is 32.3 Å². The van der Waals surface area contributed by atoms with Gasteiger partial charge in [-0.15, -0.1) is 12.4 Å². The molecule has 20 heavy (non-hydrogen) atoms. The average molecular weight is 325 g/mol. The molecule has 0 amide bonds. The van der Waals surface area contributed by atoms with E-state index in [9.17, 15) is 12.8 Å². The van der Waals surface area contributed by atoms with E-state index >= 15 is 0 Å². The highest BCUT2D eigenvalue weighted by molar-refractivity contribution is 7.89. The summed E-state index contributed by atoms with van der Waals surface area (Å²) in [6, 6.07) is 4.05. The van der Waals surface area contributed by atoms with Gasteiger partial charge in [-0.25, -0.2) is 17.5 Å². The minimum atomic E-state index is -3.91. The summed E-state index contributed by atoms with van der Waals surface area (Å²) in [6.07, 6.45) is 1.10. The van der Waals surface area contributed by atoms with E-state index < -0.39 is 21.4 Å². The van der Waals surface area contributed by atoms with Crippen molar-refractivity contribution < 1.29 is 12.8 Å². The highest BCUT2D eigenvalue weighted by atomic mass is 35.5. The lowest BCUT2D eigenvalue weighted by Gasteiger charge is -2.31. The first-order chi connectivity index (χ1) is 8.80. The van der Waals surface area contributed by atoms with Crippen molar-refractivity contribution in [1.82, 2.24) is 4.72 Å². The summed E-state index contributed by atoms with van der Waals surface area (Å²) < 4.78 is 40.8. The Morgan fingerprint density at radius 2 is 1.85 bits per heavy atom. The molecule has 0 saturated carbocycles. The number of rotatable bonds is 6. The zero-order valence-corrected chi connectivity index (χ0v) is 13.6. The molecule has 1 aromatic rings. The third kappa shape index (κ3) is 4.15. The van der Waals surface area contributed by atoms with Crippen LogP contribution in [0.2, 0.25) is 0 Å². The van der Waals surface area contributed by atoms with Gasteiger partial charge in [0, 0.05) is 12.1 Å². The number of hydrogen-bond donors (Lipinski definition) is 2. The van der Waals surface area contributed by atoms with Crippen molar-refractivity contribution in [3.63, 3.8) is 0 Å². The van der Waals surface area contributed by atoms with Crippen LogP contribution in [0, 0.1) is 12.7 Å². The van der Waals surface area contributed by atoms with Crippen molar-refractivity contribution >= 4 is 22.4 Å². The lowest BCUT2D eigenvalue weighted by atomic mass is 9.95. The molecule has 7 heteroatoms. The molecule has 0 unspecified atom stereocenters. The molecule has 4 nitrogen and oxygen atoms in total. The van der Waals surface area contributed by atoms with Crippen molar-refractivity contribution in [2.24, 2.45) is 5.73 Å². The molecule has 0 saturated heterocycles. The van der Waals surface area contributed by atoms with E-state index in [2.05, 4.69) is 4.72 Å². The number of nitrogens with two attached hydrogens (primary N) is 1. The molecule has 0 atom stereocenters. The van der Waals surface area contributed by atoms with Gasteiger partial charge < -0.3 is 5.73 Å². The molecule has 0 fully saturated rings. The zero-order valence-electron chi connectivity index (χ0n) is 11.9. The molecule has 0 aliphatic rings. The Kier molecular flexibility index (Phi) is 7.10. The predicted molar refractivity (Wildman–Crippen MR) is 81.1 cm³/mol. The van der Waals surface area contributed by atoms with E-state index in [0.717, 1.165) is 0 Å². The molecule has 0 aromatic heterocycles. The minimum Gasteiger partial charge on any atom is -0.329 e. The quantitative estimate of drug-likeness (QED) is 0.843. The average Bonchev–Trinajstić information content (AvgIpc) is 2.35. The van der Waals surface area contributed by atoms with E-state index in [1.807, 2.05) is 13.8 Å². The van der Waals surface area contributed by atoms with Crippen LogP contribution < -0.4 is 10.5 Å². The number of benzene rings is 1. The first-order valence-corrected chi connectivity index (χ1v) is 7.78.